The van der Waals surface area contributed by atoms with E-state index in [9.17, 15) is 18.0 Å². The number of hydrogen-bond acceptors (Lipinski definition) is 6. The van der Waals surface area contributed by atoms with Crippen molar-refractivity contribution < 1.29 is 22.4 Å². The average molecular weight is 433 g/mol. The lowest BCUT2D eigenvalue weighted by molar-refractivity contribution is -0.134. The van der Waals surface area contributed by atoms with Crippen molar-refractivity contribution in [3.63, 3.8) is 0 Å². The van der Waals surface area contributed by atoms with Gasteiger partial charge in [-0.25, -0.2) is 8.42 Å². The van der Waals surface area contributed by atoms with Crippen molar-refractivity contribution in [2.45, 2.75) is 19.4 Å². The molecule has 10 heteroatoms. The lowest BCUT2D eigenvalue weighted by atomic mass is 9.93. The summed E-state index contributed by atoms with van der Waals surface area (Å²) in [7, 11) is -3.27. The Hall–Kier alpha value is -2.72. The van der Waals surface area contributed by atoms with Gasteiger partial charge in [0.1, 0.15) is 0 Å². The zero-order valence-electron chi connectivity index (χ0n) is 16.7. The van der Waals surface area contributed by atoms with E-state index in [4.69, 9.17) is 4.42 Å². The number of sulfonamides is 1. The topological polar surface area (TPSA) is 104 Å². The van der Waals surface area contributed by atoms with Crippen LogP contribution in [0.2, 0.25) is 0 Å². The molecule has 0 radical (unpaired) electrons. The molecule has 2 aliphatic heterocycles. The Balaban J connectivity index is 1.53. The molecule has 2 aliphatic rings. The van der Waals surface area contributed by atoms with Crippen LogP contribution in [0.15, 0.2) is 41.1 Å². The summed E-state index contributed by atoms with van der Waals surface area (Å²) >= 11 is 0. The third-order valence-electron chi connectivity index (χ3n) is 5.65. The molecule has 1 saturated heterocycles. The van der Waals surface area contributed by atoms with E-state index in [-0.39, 0.29) is 43.0 Å². The third kappa shape index (κ3) is 3.84. The van der Waals surface area contributed by atoms with Crippen LogP contribution in [0.3, 0.4) is 0 Å². The van der Waals surface area contributed by atoms with E-state index in [1.165, 1.54) is 10.6 Å². The number of furan rings is 1. The summed E-state index contributed by atoms with van der Waals surface area (Å²) in [6, 6.07) is 6.91. The van der Waals surface area contributed by atoms with Crippen LogP contribution in [0.5, 0.6) is 0 Å². The van der Waals surface area contributed by atoms with E-state index in [0.29, 0.717) is 25.3 Å². The van der Waals surface area contributed by atoms with Crippen LogP contribution in [0.1, 0.15) is 34.7 Å². The fourth-order valence-corrected chi connectivity index (χ4v) is 5.06. The Morgan fingerprint density at radius 1 is 1.13 bits per heavy atom. The van der Waals surface area contributed by atoms with E-state index >= 15 is 0 Å². The number of fused-ring (bicyclic) bond motifs is 1. The first kappa shape index (κ1) is 20.5. The number of rotatable bonds is 4. The maximum Gasteiger partial charge on any atom is 0.289 e. The molecule has 0 saturated carbocycles. The van der Waals surface area contributed by atoms with E-state index in [2.05, 4.69) is 4.98 Å². The molecule has 0 aromatic carbocycles. The summed E-state index contributed by atoms with van der Waals surface area (Å²) in [6.07, 6.45) is 3.09. The molecule has 2 amide bonds. The Morgan fingerprint density at radius 3 is 2.57 bits per heavy atom. The molecule has 1 atom stereocenters. The molecule has 30 heavy (non-hydrogen) atoms. The minimum Gasteiger partial charge on any atom is -0.459 e. The number of aromatic nitrogens is 1. The number of hydrogen-bond donors (Lipinski definition) is 0. The minimum absolute atomic E-state index is 0.0463. The second-order valence-corrected chi connectivity index (χ2v) is 9.65. The number of pyridine rings is 1. The predicted octanol–water partition coefficient (Wildman–Crippen LogP) is 0.908. The summed E-state index contributed by atoms with van der Waals surface area (Å²) in [5.41, 5.74) is 1.50. The molecular weight excluding hydrogens is 408 g/mol. The molecule has 0 aliphatic carbocycles. The van der Waals surface area contributed by atoms with Crippen molar-refractivity contribution in [1.29, 1.82) is 0 Å². The van der Waals surface area contributed by atoms with Crippen molar-refractivity contribution in [3.8, 4) is 0 Å². The van der Waals surface area contributed by atoms with Crippen molar-refractivity contribution >= 4 is 21.8 Å². The zero-order chi connectivity index (χ0) is 21.3. The van der Waals surface area contributed by atoms with Crippen LogP contribution in [0.25, 0.3) is 0 Å². The second kappa shape index (κ2) is 8.19. The fraction of sp³-hybridized carbons (Fsp3) is 0.450. The summed E-state index contributed by atoms with van der Waals surface area (Å²) in [5.74, 6) is -0.730. The van der Waals surface area contributed by atoms with Crippen LogP contribution in [0.4, 0.5) is 0 Å². The Bertz CT molecular complexity index is 1030. The van der Waals surface area contributed by atoms with E-state index in [0.717, 1.165) is 5.56 Å². The number of amides is 2. The highest BCUT2D eigenvalue weighted by Crippen LogP contribution is 2.29. The second-order valence-electron chi connectivity index (χ2n) is 7.39. The van der Waals surface area contributed by atoms with Gasteiger partial charge in [-0.15, -0.1) is 0 Å². The highest BCUT2D eigenvalue weighted by atomic mass is 32.2. The first-order valence-corrected chi connectivity index (χ1v) is 11.5. The Labute approximate surface area is 175 Å². The molecular formula is C20H24N4O5S. The molecule has 0 bridgehead atoms. The van der Waals surface area contributed by atoms with Gasteiger partial charge in [0.2, 0.25) is 15.9 Å². The molecule has 9 nitrogen and oxygen atoms in total. The van der Waals surface area contributed by atoms with Crippen molar-refractivity contribution in [2.75, 3.05) is 38.5 Å². The summed E-state index contributed by atoms with van der Waals surface area (Å²) in [5, 5.41) is 0. The van der Waals surface area contributed by atoms with E-state index in [1.54, 1.807) is 41.1 Å². The molecule has 1 unspecified atom stereocenters. The normalized spacial score (nSPS) is 20.1. The van der Waals surface area contributed by atoms with Crippen molar-refractivity contribution in [3.05, 3.63) is 53.7 Å². The predicted molar refractivity (Wildman–Crippen MR) is 108 cm³/mol. The van der Waals surface area contributed by atoms with Gasteiger partial charge in [-0.2, -0.15) is 4.31 Å². The van der Waals surface area contributed by atoms with Gasteiger partial charge in [-0.05, 0) is 30.7 Å². The smallest absolute Gasteiger partial charge is 0.289 e. The Kier molecular flexibility index (Phi) is 5.61. The SMILES string of the molecule is CCS(=O)(=O)N1CCN(C(=O)C2CN(C(=O)c3ccco3)Cc3cccnc32)CC1. The molecule has 0 spiro atoms. The van der Waals surface area contributed by atoms with Gasteiger partial charge >= 0.3 is 0 Å². The number of carbonyl (C=O) groups is 2. The fourth-order valence-electron chi connectivity index (χ4n) is 3.97. The molecule has 2 aromatic heterocycles. The summed E-state index contributed by atoms with van der Waals surface area (Å²) in [4.78, 5) is 33.9. The summed E-state index contributed by atoms with van der Waals surface area (Å²) in [6.45, 7) is 3.37. The highest BCUT2D eigenvalue weighted by Gasteiger charge is 2.38. The van der Waals surface area contributed by atoms with Gasteiger partial charge in [0, 0.05) is 45.5 Å². The lowest BCUT2D eigenvalue weighted by Crippen LogP contribution is -2.53. The minimum atomic E-state index is -3.27. The van der Waals surface area contributed by atoms with Crippen LogP contribution < -0.4 is 0 Å². The van der Waals surface area contributed by atoms with Gasteiger partial charge in [0.05, 0.1) is 23.6 Å². The molecule has 2 aromatic rings. The van der Waals surface area contributed by atoms with Crippen LogP contribution >= 0.6 is 0 Å². The van der Waals surface area contributed by atoms with Crippen molar-refractivity contribution in [1.82, 2.24) is 19.1 Å². The molecule has 160 valence electrons. The standard InChI is InChI=1S/C20H24N4O5S/c1-2-30(27,28)24-10-8-22(9-11-24)19(25)16-14-23(20(26)17-6-4-12-29-17)13-15-5-3-7-21-18(15)16/h3-7,12,16H,2,8-11,13-14H2,1H3. The number of carbonyl (C=O) groups excluding carboxylic acids is 2. The lowest BCUT2D eigenvalue weighted by Gasteiger charge is -2.38. The quantitative estimate of drug-likeness (QED) is 0.711. The van der Waals surface area contributed by atoms with Gasteiger partial charge in [-0.3, -0.25) is 14.6 Å². The van der Waals surface area contributed by atoms with Gasteiger partial charge < -0.3 is 14.2 Å². The zero-order valence-corrected chi connectivity index (χ0v) is 17.5. The summed E-state index contributed by atoms with van der Waals surface area (Å²) < 4.78 is 30.8. The third-order valence-corrected chi connectivity index (χ3v) is 7.53. The molecule has 0 N–H and O–H groups in total. The molecule has 1 fully saturated rings. The largest absolute Gasteiger partial charge is 0.459 e. The monoisotopic (exact) mass is 432 g/mol. The van der Waals surface area contributed by atoms with Crippen molar-refractivity contribution in [2.24, 2.45) is 0 Å². The highest BCUT2D eigenvalue weighted by molar-refractivity contribution is 7.89. The number of nitrogens with zero attached hydrogens (tertiary/aromatic N) is 4. The first-order chi connectivity index (χ1) is 14.4. The molecule has 4 heterocycles. The average Bonchev–Trinajstić information content (AvgIpc) is 3.32. The van der Waals surface area contributed by atoms with Gasteiger partial charge in [0.25, 0.3) is 5.91 Å². The van der Waals surface area contributed by atoms with Crippen LogP contribution in [-0.4, -0.2) is 77.8 Å². The van der Waals surface area contributed by atoms with E-state index < -0.39 is 15.9 Å². The van der Waals surface area contributed by atoms with E-state index in [1.807, 2.05) is 6.07 Å². The number of piperazine rings is 1. The maximum absolute atomic E-state index is 13.4. The van der Waals surface area contributed by atoms with Crippen LogP contribution in [0, 0.1) is 0 Å². The Morgan fingerprint density at radius 2 is 1.90 bits per heavy atom. The van der Waals surface area contributed by atoms with Gasteiger partial charge in [-0.1, -0.05) is 6.07 Å². The van der Waals surface area contributed by atoms with Gasteiger partial charge in [0.15, 0.2) is 5.76 Å². The first-order valence-electron chi connectivity index (χ1n) is 9.94. The van der Waals surface area contributed by atoms with Crippen LogP contribution in [-0.2, 0) is 21.4 Å². The molecule has 4 rings (SSSR count). The maximum atomic E-state index is 13.4.